The Kier molecular flexibility index (Phi) is 3.44. The van der Waals surface area contributed by atoms with Crippen molar-refractivity contribution in [2.75, 3.05) is 13.2 Å². The lowest BCUT2D eigenvalue weighted by Gasteiger charge is -2.31. The second kappa shape index (κ2) is 5.25. The summed E-state index contributed by atoms with van der Waals surface area (Å²) in [7, 11) is 0. The van der Waals surface area contributed by atoms with Gasteiger partial charge in [0.25, 0.3) is 5.91 Å². The van der Waals surface area contributed by atoms with Gasteiger partial charge in [0.2, 0.25) is 0 Å². The Morgan fingerprint density at radius 3 is 2.90 bits per heavy atom. The van der Waals surface area contributed by atoms with Gasteiger partial charge < -0.3 is 14.7 Å². The first-order valence-electron chi connectivity index (χ1n) is 6.91. The van der Waals surface area contributed by atoms with Gasteiger partial charge in [0.05, 0.1) is 5.56 Å². The van der Waals surface area contributed by atoms with Crippen molar-refractivity contribution in [3.63, 3.8) is 0 Å². The fraction of sp³-hybridized carbons (Fsp3) is 0.467. The van der Waals surface area contributed by atoms with Gasteiger partial charge >= 0.3 is 5.97 Å². The number of amides is 1. The molecule has 2 aliphatic heterocycles. The largest absolute Gasteiger partial charge is 0.478 e. The Balaban J connectivity index is 1.80. The third kappa shape index (κ3) is 2.29. The number of fused-ring (bicyclic) bond motifs is 1. The van der Waals surface area contributed by atoms with E-state index in [1.807, 2.05) is 6.07 Å². The number of carboxylic acids is 1. The zero-order chi connectivity index (χ0) is 14.1. The smallest absolute Gasteiger partial charge is 0.335 e. The zero-order valence-corrected chi connectivity index (χ0v) is 11.2. The van der Waals surface area contributed by atoms with Crippen LogP contribution in [0.3, 0.4) is 0 Å². The van der Waals surface area contributed by atoms with Crippen molar-refractivity contribution in [3.8, 4) is 0 Å². The van der Waals surface area contributed by atoms with E-state index >= 15 is 0 Å². The molecule has 0 saturated carbocycles. The fourth-order valence-electron chi connectivity index (χ4n) is 2.97. The molecule has 0 aliphatic carbocycles. The Hall–Kier alpha value is -1.88. The van der Waals surface area contributed by atoms with Gasteiger partial charge in [-0.25, -0.2) is 4.79 Å². The topological polar surface area (TPSA) is 66.8 Å². The van der Waals surface area contributed by atoms with Crippen LogP contribution in [0.5, 0.6) is 0 Å². The molecule has 5 nitrogen and oxygen atoms in total. The van der Waals surface area contributed by atoms with Crippen LogP contribution >= 0.6 is 0 Å². The van der Waals surface area contributed by atoms with Crippen LogP contribution in [0, 0.1) is 0 Å². The molecule has 0 spiro atoms. The molecule has 0 unspecified atom stereocenters. The molecule has 3 rings (SSSR count). The standard InChI is InChI=1S/C15H17NO4/c17-14(13-5-2-8-20-13)16-7-6-11-10(9-16)3-1-4-12(11)15(18)19/h1,3-4,13H,2,5-9H2,(H,18,19)/t13-/m0/s1. The number of nitrogens with zero attached hydrogens (tertiary/aromatic N) is 1. The van der Waals surface area contributed by atoms with E-state index in [-0.39, 0.29) is 12.0 Å². The molecule has 0 radical (unpaired) electrons. The number of aromatic carboxylic acids is 1. The SMILES string of the molecule is O=C(O)c1cccc2c1CCN(C(=O)[C@@H]1CCCO1)C2. The second-order valence-corrected chi connectivity index (χ2v) is 5.26. The fourth-order valence-corrected chi connectivity index (χ4v) is 2.97. The highest BCUT2D eigenvalue weighted by Gasteiger charge is 2.31. The summed E-state index contributed by atoms with van der Waals surface area (Å²) >= 11 is 0. The number of rotatable bonds is 2. The van der Waals surface area contributed by atoms with Crippen molar-refractivity contribution in [2.24, 2.45) is 0 Å². The molecule has 1 aromatic carbocycles. The summed E-state index contributed by atoms with van der Waals surface area (Å²) < 4.78 is 5.43. The van der Waals surface area contributed by atoms with Crippen LogP contribution in [0.25, 0.3) is 0 Å². The van der Waals surface area contributed by atoms with Gasteiger partial charge in [0.1, 0.15) is 6.10 Å². The molecular weight excluding hydrogens is 258 g/mol. The molecule has 1 fully saturated rings. The Morgan fingerprint density at radius 2 is 2.20 bits per heavy atom. The molecule has 20 heavy (non-hydrogen) atoms. The molecule has 2 aliphatic rings. The number of benzene rings is 1. The van der Waals surface area contributed by atoms with Crippen LogP contribution in [0.4, 0.5) is 0 Å². The van der Waals surface area contributed by atoms with Gasteiger partial charge in [-0.1, -0.05) is 12.1 Å². The Morgan fingerprint density at radius 1 is 1.35 bits per heavy atom. The quantitative estimate of drug-likeness (QED) is 0.887. The Labute approximate surface area is 117 Å². The number of carbonyl (C=O) groups is 2. The van der Waals surface area contributed by atoms with Crippen molar-refractivity contribution in [2.45, 2.75) is 31.9 Å². The van der Waals surface area contributed by atoms with E-state index in [0.29, 0.717) is 31.7 Å². The molecule has 2 heterocycles. The molecule has 1 saturated heterocycles. The summed E-state index contributed by atoms with van der Waals surface area (Å²) in [6.07, 6.45) is 2.01. The number of ether oxygens (including phenoxy) is 1. The highest BCUT2D eigenvalue weighted by molar-refractivity contribution is 5.90. The van der Waals surface area contributed by atoms with Gasteiger partial charge in [0, 0.05) is 19.7 Å². The molecule has 0 aromatic heterocycles. The molecule has 1 atom stereocenters. The average molecular weight is 275 g/mol. The number of hydrogen-bond acceptors (Lipinski definition) is 3. The predicted molar refractivity (Wildman–Crippen MR) is 71.5 cm³/mol. The number of carboxylic acid groups (broad SMARTS) is 1. The summed E-state index contributed by atoms with van der Waals surface area (Å²) in [6, 6.07) is 5.26. The van der Waals surface area contributed by atoms with Crippen LogP contribution in [0.15, 0.2) is 18.2 Å². The summed E-state index contributed by atoms with van der Waals surface area (Å²) in [5.41, 5.74) is 2.14. The maximum atomic E-state index is 12.3. The number of carbonyl (C=O) groups excluding carboxylic acids is 1. The van der Waals surface area contributed by atoms with Crippen molar-refractivity contribution in [1.29, 1.82) is 0 Å². The lowest BCUT2D eigenvalue weighted by Crippen LogP contribution is -2.42. The lowest BCUT2D eigenvalue weighted by atomic mass is 9.94. The van der Waals surface area contributed by atoms with E-state index in [1.54, 1.807) is 17.0 Å². The summed E-state index contributed by atoms with van der Waals surface area (Å²) in [5, 5.41) is 9.19. The van der Waals surface area contributed by atoms with Crippen molar-refractivity contribution < 1.29 is 19.4 Å². The third-order valence-electron chi connectivity index (χ3n) is 4.01. The summed E-state index contributed by atoms with van der Waals surface area (Å²) in [4.78, 5) is 25.3. The highest BCUT2D eigenvalue weighted by atomic mass is 16.5. The first-order chi connectivity index (χ1) is 9.66. The first kappa shape index (κ1) is 13.1. The van der Waals surface area contributed by atoms with Crippen LogP contribution in [-0.4, -0.2) is 41.1 Å². The van der Waals surface area contributed by atoms with E-state index in [2.05, 4.69) is 0 Å². The predicted octanol–water partition coefficient (Wildman–Crippen LogP) is 1.45. The molecule has 1 amide bonds. The molecule has 1 N–H and O–H groups in total. The van der Waals surface area contributed by atoms with E-state index in [4.69, 9.17) is 4.74 Å². The maximum Gasteiger partial charge on any atom is 0.335 e. The third-order valence-corrected chi connectivity index (χ3v) is 4.01. The lowest BCUT2D eigenvalue weighted by molar-refractivity contribution is -0.141. The Bertz CT molecular complexity index is 549. The second-order valence-electron chi connectivity index (χ2n) is 5.26. The number of hydrogen-bond donors (Lipinski definition) is 1. The van der Waals surface area contributed by atoms with Crippen LogP contribution < -0.4 is 0 Å². The monoisotopic (exact) mass is 275 g/mol. The van der Waals surface area contributed by atoms with E-state index < -0.39 is 5.97 Å². The van der Waals surface area contributed by atoms with Gasteiger partial charge in [-0.05, 0) is 36.5 Å². The van der Waals surface area contributed by atoms with Crippen molar-refractivity contribution in [1.82, 2.24) is 4.90 Å². The molecular formula is C15H17NO4. The molecule has 5 heteroatoms. The minimum Gasteiger partial charge on any atom is -0.478 e. The maximum absolute atomic E-state index is 12.3. The highest BCUT2D eigenvalue weighted by Crippen LogP contribution is 2.25. The van der Waals surface area contributed by atoms with Gasteiger partial charge in [-0.2, -0.15) is 0 Å². The zero-order valence-electron chi connectivity index (χ0n) is 11.2. The van der Waals surface area contributed by atoms with Crippen molar-refractivity contribution >= 4 is 11.9 Å². The van der Waals surface area contributed by atoms with E-state index in [9.17, 15) is 14.7 Å². The molecule has 0 bridgehead atoms. The molecule has 106 valence electrons. The minimum atomic E-state index is -0.902. The van der Waals surface area contributed by atoms with Gasteiger partial charge in [-0.3, -0.25) is 4.79 Å². The molecule has 1 aromatic rings. The van der Waals surface area contributed by atoms with Crippen molar-refractivity contribution in [3.05, 3.63) is 34.9 Å². The van der Waals surface area contributed by atoms with Gasteiger partial charge in [0.15, 0.2) is 0 Å². The minimum absolute atomic E-state index is 0.0360. The normalized spacial score (nSPS) is 21.6. The van der Waals surface area contributed by atoms with Crippen LogP contribution in [0.1, 0.15) is 34.3 Å². The first-order valence-corrected chi connectivity index (χ1v) is 6.91. The summed E-state index contributed by atoms with van der Waals surface area (Å²) in [6.45, 7) is 1.70. The van der Waals surface area contributed by atoms with E-state index in [0.717, 1.165) is 24.0 Å². The van der Waals surface area contributed by atoms with Crippen LogP contribution in [-0.2, 0) is 22.5 Å². The average Bonchev–Trinajstić information content (AvgIpc) is 2.99. The summed E-state index contributed by atoms with van der Waals surface area (Å²) in [5.74, 6) is -0.866. The van der Waals surface area contributed by atoms with E-state index in [1.165, 1.54) is 0 Å². The van der Waals surface area contributed by atoms with Crippen LogP contribution in [0.2, 0.25) is 0 Å². The van der Waals surface area contributed by atoms with Gasteiger partial charge in [-0.15, -0.1) is 0 Å².